The molecule has 0 atom stereocenters. The summed E-state index contributed by atoms with van der Waals surface area (Å²) in [5.74, 6) is 1.32. The van der Waals surface area contributed by atoms with Crippen LogP contribution in [0.15, 0.2) is 24.3 Å². The van der Waals surface area contributed by atoms with Crippen molar-refractivity contribution in [1.29, 1.82) is 0 Å². The maximum absolute atomic E-state index is 4.99. The first-order chi connectivity index (χ1) is 15.4. The molecule has 0 amide bonds. The largest absolute Gasteiger partial charge is 0.328 e. The van der Waals surface area contributed by atoms with Gasteiger partial charge in [-0.05, 0) is 25.0 Å². The lowest BCUT2D eigenvalue weighted by Gasteiger charge is -2.09. The first kappa shape index (κ1) is 25.9. The van der Waals surface area contributed by atoms with Crippen molar-refractivity contribution >= 4 is 11.0 Å². The highest BCUT2D eigenvalue weighted by molar-refractivity contribution is 5.75. The summed E-state index contributed by atoms with van der Waals surface area (Å²) in [6.07, 6.45) is 26.2. The predicted octanol–water partition coefficient (Wildman–Crippen LogP) is 9.64. The van der Waals surface area contributed by atoms with E-state index in [0.29, 0.717) is 0 Å². The molecule has 31 heavy (non-hydrogen) atoms. The van der Waals surface area contributed by atoms with Crippen molar-refractivity contribution in [3.63, 3.8) is 0 Å². The number of hydrogen-bond acceptors (Lipinski definition) is 1. The topological polar surface area (TPSA) is 17.8 Å². The number of hydrogen-bond donors (Lipinski definition) is 0. The Labute approximate surface area is 193 Å². The van der Waals surface area contributed by atoms with E-state index >= 15 is 0 Å². The van der Waals surface area contributed by atoms with E-state index in [1.165, 1.54) is 132 Å². The molecular weight excluding hydrogens is 376 g/mol. The molecule has 0 aliphatic carbocycles. The molecule has 0 N–H and O–H groups in total. The van der Waals surface area contributed by atoms with Crippen LogP contribution in [0.3, 0.4) is 0 Å². The summed E-state index contributed by atoms with van der Waals surface area (Å²) >= 11 is 0. The number of rotatable bonds is 20. The molecule has 0 fully saturated rings. The van der Waals surface area contributed by atoms with Crippen LogP contribution in [0.5, 0.6) is 0 Å². The summed E-state index contributed by atoms with van der Waals surface area (Å²) in [6.45, 7) is 5.72. The summed E-state index contributed by atoms with van der Waals surface area (Å²) in [4.78, 5) is 4.99. The Balaban J connectivity index is 1.60. The zero-order chi connectivity index (χ0) is 22.0. The second-order valence-electron chi connectivity index (χ2n) is 9.58. The van der Waals surface area contributed by atoms with Crippen molar-refractivity contribution in [3.8, 4) is 0 Å². The highest BCUT2D eigenvalue weighted by Crippen LogP contribution is 2.20. The first-order valence-electron chi connectivity index (χ1n) is 13.8. The van der Waals surface area contributed by atoms with Gasteiger partial charge in [-0.2, -0.15) is 0 Å². The lowest BCUT2D eigenvalue weighted by molar-refractivity contribution is 0.531. The van der Waals surface area contributed by atoms with Crippen molar-refractivity contribution in [3.05, 3.63) is 30.1 Å². The van der Waals surface area contributed by atoms with E-state index in [1.54, 1.807) is 0 Å². The monoisotopic (exact) mass is 426 g/mol. The van der Waals surface area contributed by atoms with E-state index in [4.69, 9.17) is 4.98 Å². The smallest absolute Gasteiger partial charge is 0.109 e. The number of imidazole rings is 1. The molecular formula is C29H50N2. The number of fused-ring (bicyclic) bond motifs is 1. The third-order valence-electron chi connectivity index (χ3n) is 6.72. The van der Waals surface area contributed by atoms with Crippen molar-refractivity contribution in [1.82, 2.24) is 9.55 Å². The number of aryl methyl sites for hydroxylation is 2. The van der Waals surface area contributed by atoms with Crippen LogP contribution in [0.4, 0.5) is 0 Å². The van der Waals surface area contributed by atoms with E-state index in [-0.39, 0.29) is 0 Å². The molecule has 1 aromatic carbocycles. The van der Waals surface area contributed by atoms with Crippen molar-refractivity contribution in [2.75, 3.05) is 0 Å². The van der Waals surface area contributed by atoms with Crippen LogP contribution in [0.25, 0.3) is 11.0 Å². The van der Waals surface area contributed by atoms with Crippen molar-refractivity contribution in [2.24, 2.45) is 0 Å². The Kier molecular flexibility index (Phi) is 14.5. The minimum atomic E-state index is 1.14. The van der Waals surface area contributed by atoms with Crippen LogP contribution in [0.1, 0.15) is 135 Å². The fourth-order valence-electron chi connectivity index (χ4n) is 4.74. The summed E-state index contributed by atoms with van der Waals surface area (Å²) in [5.41, 5.74) is 2.52. The second kappa shape index (κ2) is 17.3. The van der Waals surface area contributed by atoms with Gasteiger partial charge >= 0.3 is 0 Å². The average molecular weight is 427 g/mol. The van der Waals surface area contributed by atoms with Gasteiger partial charge in [0.15, 0.2) is 0 Å². The van der Waals surface area contributed by atoms with Crippen LogP contribution in [-0.4, -0.2) is 9.55 Å². The van der Waals surface area contributed by atoms with Gasteiger partial charge in [0.25, 0.3) is 0 Å². The van der Waals surface area contributed by atoms with E-state index in [2.05, 4.69) is 42.7 Å². The Morgan fingerprint density at radius 1 is 0.581 bits per heavy atom. The molecule has 0 spiro atoms. The number of benzene rings is 1. The number of aromatic nitrogens is 2. The van der Waals surface area contributed by atoms with Gasteiger partial charge in [0.05, 0.1) is 11.0 Å². The van der Waals surface area contributed by atoms with Gasteiger partial charge in [-0.15, -0.1) is 0 Å². The van der Waals surface area contributed by atoms with Gasteiger partial charge in [-0.3, -0.25) is 0 Å². The standard InChI is InChI=1S/C29H50N2/c1-3-5-7-9-10-11-12-13-14-15-16-17-19-25-29-30-27-23-20-21-24-28(27)31(29)26-22-18-8-6-4-2/h20-21,23-24H,3-19,22,25-26H2,1-2H3. The lowest BCUT2D eigenvalue weighted by Crippen LogP contribution is -2.04. The van der Waals surface area contributed by atoms with Crippen LogP contribution in [-0.2, 0) is 13.0 Å². The molecule has 1 aromatic heterocycles. The molecule has 176 valence electrons. The molecule has 0 aliphatic heterocycles. The van der Waals surface area contributed by atoms with Gasteiger partial charge < -0.3 is 4.57 Å². The molecule has 0 unspecified atom stereocenters. The van der Waals surface area contributed by atoms with E-state index < -0.39 is 0 Å². The van der Waals surface area contributed by atoms with Gasteiger partial charge in [-0.25, -0.2) is 4.98 Å². The van der Waals surface area contributed by atoms with Gasteiger partial charge in [-0.1, -0.05) is 129 Å². The fraction of sp³-hybridized carbons (Fsp3) is 0.759. The Morgan fingerprint density at radius 2 is 1.06 bits per heavy atom. The second-order valence-corrected chi connectivity index (χ2v) is 9.58. The number of para-hydroxylation sites is 2. The van der Waals surface area contributed by atoms with E-state index in [9.17, 15) is 0 Å². The maximum Gasteiger partial charge on any atom is 0.109 e. The molecule has 0 radical (unpaired) electrons. The SMILES string of the molecule is CCCCCCCCCCCCCCCc1nc2ccccc2n1CCCCCCC. The highest BCUT2D eigenvalue weighted by atomic mass is 15.1. The fourth-order valence-corrected chi connectivity index (χ4v) is 4.74. The zero-order valence-corrected chi connectivity index (χ0v) is 20.8. The Hall–Kier alpha value is -1.31. The minimum absolute atomic E-state index is 1.14. The molecule has 0 saturated carbocycles. The van der Waals surface area contributed by atoms with E-state index in [1.807, 2.05) is 0 Å². The molecule has 0 bridgehead atoms. The Morgan fingerprint density at radius 3 is 1.65 bits per heavy atom. The first-order valence-corrected chi connectivity index (χ1v) is 13.8. The third-order valence-corrected chi connectivity index (χ3v) is 6.72. The van der Waals surface area contributed by atoms with Gasteiger partial charge in [0.2, 0.25) is 0 Å². The van der Waals surface area contributed by atoms with Crippen molar-refractivity contribution in [2.45, 2.75) is 142 Å². The summed E-state index contributed by atoms with van der Waals surface area (Å²) < 4.78 is 2.52. The summed E-state index contributed by atoms with van der Waals surface area (Å²) in [6, 6.07) is 8.71. The molecule has 1 heterocycles. The Bertz CT molecular complexity index is 672. The van der Waals surface area contributed by atoms with Crippen LogP contribution in [0.2, 0.25) is 0 Å². The minimum Gasteiger partial charge on any atom is -0.328 e. The molecule has 2 heteroatoms. The summed E-state index contributed by atoms with van der Waals surface area (Å²) in [5, 5.41) is 0. The van der Waals surface area contributed by atoms with Crippen LogP contribution in [0, 0.1) is 0 Å². The third kappa shape index (κ3) is 10.7. The van der Waals surface area contributed by atoms with Gasteiger partial charge in [0.1, 0.15) is 5.82 Å². The average Bonchev–Trinajstić information content (AvgIpc) is 3.14. The highest BCUT2D eigenvalue weighted by Gasteiger charge is 2.09. The van der Waals surface area contributed by atoms with Crippen LogP contribution >= 0.6 is 0 Å². The van der Waals surface area contributed by atoms with Gasteiger partial charge in [0, 0.05) is 13.0 Å². The van der Waals surface area contributed by atoms with Crippen molar-refractivity contribution < 1.29 is 0 Å². The van der Waals surface area contributed by atoms with E-state index in [0.717, 1.165) is 13.0 Å². The predicted molar refractivity (Wildman–Crippen MR) is 138 cm³/mol. The molecule has 2 nitrogen and oxygen atoms in total. The number of nitrogens with zero attached hydrogens (tertiary/aromatic N) is 2. The molecule has 0 aliphatic rings. The molecule has 0 saturated heterocycles. The lowest BCUT2D eigenvalue weighted by atomic mass is 10.0. The van der Waals surface area contributed by atoms with Crippen LogP contribution < -0.4 is 0 Å². The zero-order valence-electron chi connectivity index (χ0n) is 20.8. The number of unbranched alkanes of at least 4 members (excludes halogenated alkanes) is 16. The molecule has 2 aromatic rings. The summed E-state index contributed by atoms with van der Waals surface area (Å²) in [7, 11) is 0. The maximum atomic E-state index is 4.99. The molecule has 2 rings (SSSR count). The normalized spacial score (nSPS) is 11.5. The quantitative estimate of drug-likeness (QED) is 0.193.